The molecule has 0 bridgehead atoms. The summed E-state index contributed by atoms with van der Waals surface area (Å²) in [5.74, 6) is -2.60. The van der Waals surface area contributed by atoms with Crippen molar-refractivity contribution in [1.29, 1.82) is 0 Å². The third kappa shape index (κ3) is 30.6. The fraction of sp³-hybridized carbons (Fsp3) is 0.397. The van der Waals surface area contributed by atoms with Crippen molar-refractivity contribution in [2.45, 2.75) is 170 Å². The van der Waals surface area contributed by atoms with Crippen LogP contribution in [0.15, 0.2) is 146 Å². The Morgan fingerprint density at radius 1 is 0.453 bits per heavy atom. The van der Waals surface area contributed by atoms with Gasteiger partial charge in [-0.25, -0.2) is 24.0 Å². The number of alkyl carbamates (subject to hydrolysis) is 4. The second kappa shape index (κ2) is 38.3. The van der Waals surface area contributed by atoms with Crippen LogP contribution in [-0.2, 0) is 77.0 Å². The summed E-state index contributed by atoms with van der Waals surface area (Å²) in [4.78, 5) is 99.1. The summed E-state index contributed by atoms with van der Waals surface area (Å²) >= 11 is 0. The van der Waals surface area contributed by atoms with Gasteiger partial charge in [-0.1, -0.05) is 128 Å². The smallest absolute Gasteiger partial charge is 0.408 e. The number of carboxylic acid groups (broad SMARTS) is 1. The molecule has 0 aromatic heterocycles. The van der Waals surface area contributed by atoms with Crippen molar-refractivity contribution < 1.29 is 72.6 Å². The Balaban J connectivity index is 0.000000336. The Morgan fingerprint density at radius 3 is 1.12 bits per heavy atom. The Bertz CT molecular complexity index is 3400. The number of ketones is 1. The van der Waals surface area contributed by atoms with E-state index in [-0.39, 0.29) is 80.7 Å². The predicted molar refractivity (Wildman–Crippen MR) is 362 cm³/mol. The number of aryl methyl sites for hydroxylation is 4. The minimum Gasteiger partial charge on any atom is -0.508 e. The number of Topliss-reactive ketones (excluding diaryl/α,β-unsaturated/α-hetero) is 1. The molecule has 0 radical (unpaired) electrons. The fourth-order valence-corrected chi connectivity index (χ4v) is 9.67. The molecule has 0 fully saturated rings. The van der Waals surface area contributed by atoms with Crippen LogP contribution in [0.5, 0.6) is 11.5 Å². The van der Waals surface area contributed by atoms with Gasteiger partial charge in [0.15, 0.2) is 5.78 Å². The monoisotopic (exact) mass is 1310 g/mol. The number of nitrogens with two attached hydrogens (primary N) is 1. The Kier molecular flexibility index (Phi) is 31.2. The Hall–Kier alpha value is -9.96. The van der Waals surface area contributed by atoms with Gasteiger partial charge in [0.05, 0.1) is 24.2 Å². The number of phenols is 2. The summed E-state index contributed by atoms with van der Waals surface area (Å²) in [5, 5.41) is 45.1. The molecule has 0 saturated carbocycles. The lowest BCUT2D eigenvalue weighted by molar-refractivity contribution is -0.139. The van der Waals surface area contributed by atoms with Gasteiger partial charge in [-0.05, 0) is 169 Å². The number of ether oxygens (including phenoxy) is 4. The van der Waals surface area contributed by atoms with Crippen LogP contribution in [0.3, 0.4) is 0 Å². The molecule has 6 atom stereocenters. The molecule has 0 aliphatic heterocycles. The van der Waals surface area contributed by atoms with Gasteiger partial charge in [0, 0.05) is 38.3 Å². The van der Waals surface area contributed by atoms with E-state index >= 15 is 0 Å². The lowest BCUT2D eigenvalue weighted by atomic mass is 9.91. The van der Waals surface area contributed by atoms with Gasteiger partial charge in [-0.2, -0.15) is 0 Å². The maximum absolute atomic E-state index is 13.6. The Labute approximate surface area is 557 Å². The zero-order valence-corrected chi connectivity index (χ0v) is 56.5. The second-order valence-electron chi connectivity index (χ2n) is 25.3. The quantitative estimate of drug-likeness (QED) is 0.0226. The highest BCUT2D eigenvalue weighted by atomic mass is 16.6. The number of amides is 6. The fourth-order valence-electron chi connectivity index (χ4n) is 9.67. The van der Waals surface area contributed by atoms with E-state index in [1.165, 1.54) is 0 Å². The molecule has 6 aromatic carbocycles. The van der Waals surface area contributed by atoms with Crippen molar-refractivity contribution in [3.05, 3.63) is 201 Å². The molecule has 6 aromatic rings. The molecule has 22 nitrogen and oxygen atoms in total. The predicted octanol–water partition coefficient (Wildman–Crippen LogP) is 10.2. The van der Waals surface area contributed by atoms with Crippen molar-refractivity contribution in [3.8, 4) is 11.5 Å². The van der Waals surface area contributed by atoms with E-state index < -0.39 is 71.6 Å². The van der Waals surface area contributed by atoms with E-state index in [1.54, 1.807) is 93.5 Å². The summed E-state index contributed by atoms with van der Waals surface area (Å²) in [7, 11) is 0. The topological polar surface area (TPSA) is 332 Å². The van der Waals surface area contributed by atoms with Crippen molar-refractivity contribution in [2.24, 2.45) is 11.7 Å². The average molecular weight is 1310 g/mol. The van der Waals surface area contributed by atoms with Crippen LogP contribution < -0.4 is 37.6 Å². The standard InChI is InChI=1S/C37H47N3O7.C20H25N3O3.C16H23NO5/c1-24-17-30(41)18-25(2)31(24)21-32(40-36(45)47-37(4,5)6)33(42)19-26(3)34(43)38-22-29(20-27-13-9-7-10-14-27)39-35(44)46-23-28-15-11-8-12-16-28;1-15(21)19(24)22-13-18(12-16-8-4-2-5-9-16)23-20(25)26-14-17-10-6-3-7-11-17;1-9-6-11(18)7-10(2)12(9)8-13(14(19)20)17-15(21)22-16(3,4)5/h7-18,26,29,32,41H,19-23H2,1-6H3,(H,38,43)(H,39,44)(H,40,45);2-11,15,18H,12-14,21H2,1H3,(H,22,24)(H,23,25);6-7,13,18H,8H2,1-5H3,(H,17,21)(H,19,20)/t26-,29+,32-;15-,18-;13-/m010/s1. The first kappa shape index (κ1) is 77.5. The van der Waals surface area contributed by atoms with Crippen LogP contribution in [0, 0.1) is 33.6 Å². The lowest BCUT2D eigenvalue weighted by Gasteiger charge is -2.25. The van der Waals surface area contributed by atoms with Gasteiger partial charge in [0.2, 0.25) is 11.8 Å². The molecule has 0 spiro atoms. The van der Waals surface area contributed by atoms with Crippen LogP contribution in [0.2, 0.25) is 0 Å². The molecular weight excluding hydrogens is 1210 g/mol. The highest BCUT2D eigenvalue weighted by Crippen LogP contribution is 2.25. The number of aliphatic carboxylic acids is 1. The molecule has 6 rings (SSSR count). The van der Waals surface area contributed by atoms with E-state index in [4.69, 9.17) is 24.7 Å². The number of benzene rings is 6. The zero-order valence-electron chi connectivity index (χ0n) is 56.5. The first-order valence-electron chi connectivity index (χ1n) is 31.4. The van der Waals surface area contributed by atoms with Crippen LogP contribution in [-0.4, -0.2) is 118 Å². The summed E-state index contributed by atoms with van der Waals surface area (Å²) in [6.45, 7) is 21.5. The van der Waals surface area contributed by atoms with Crippen molar-refractivity contribution in [2.75, 3.05) is 13.1 Å². The summed E-state index contributed by atoms with van der Waals surface area (Å²) in [6.07, 6.45) is -1.48. The average Bonchev–Trinajstić information content (AvgIpc) is 0.933. The minimum absolute atomic E-state index is 0.109. The largest absolute Gasteiger partial charge is 0.508 e. The summed E-state index contributed by atoms with van der Waals surface area (Å²) in [5.41, 5.74) is 12.6. The van der Waals surface area contributed by atoms with Gasteiger partial charge >= 0.3 is 30.3 Å². The maximum Gasteiger partial charge on any atom is 0.408 e. The molecule has 0 saturated heterocycles. The molecule has 0 heterocycles. The third-order valence-corrected chi connectivity index (χ3v) is 14.4. The SMILES string of the molecule is C[C@@H](N)C(=O)NC[C@@H](Cc1ccccc1)NC(=O)OCc1ccccc1.Cc1cc(O)cc(C)c1C[C@H](NC(=O)OC(C)(C)C)C(=O)C[C@H](C)C(=O)NC[C@@H](Cc1ccccc1)NC(=O)OCc1ccccc1.Cc1cc(O)cc(C)c1C[C@H](NC(=O)OC(C)(C)C)C(=O)O. The van der Waals surface area contributed by atoms with E-state index in [1.807, 2.05) is 135 Å². The lowest BCUT2D eigenvalue weighted by Crippen LogP contribution is -2.48. The van der Waals surface area contributed by atoms with E-state index in [2.05, 4.69) is 31.9 Å². The maximum atomic E-state index is 13.6. The van der Waals surface area contributed by atoms with Gasteiger partial charge in [-0.3, -0.25) is 14.4 Å². The molecule has 22 heteroatoms. The number of nitrogens with one attached hydrogen (secondary N) is 6. The molecule has 0 aliphatic rings. The number of rotatable bonds is 26. The first-order chi connectivity index (χ1) is 44.7. The molecular formula is C73H95N7O15. The van der Waals surface area contributed by atoms with Gasteiger partial charge < -0.3 is 71.9 Å². The van der Waals surface area contributed by atoms with Crippen LogP contribution in [0.25, 0.3) is 0 Å². The first-order valence-corrected chi connectivity index (χ1v) is 31.4. The molecule has 95 heavy (non-hydrogen) atoms. The van der Waals surface area contributed by atoms with E-state index in [0.717, 1.165) is 55.6 Å². The number of hydrogen-bond acceptors (Lipinski definition) is 15. The second-order valence-corrected chi connectivity index (χ2v) is 25.3. The molecule has 0 aliphatic carbocycles. The summed E-state index contributed by atoms with van der Waals surface area (Å²) in [6, 6.07) is 41.0. The van der Waals surface area contributed by atoms with E-state index in [0.29, 0.717) is 12.8 Å². The molecule has 512 valence electrons. The third-order valence-electron chi connectivity index (χ3n) is 14.4. The van der Waals surface area contributed by atoms with Gasteiger partial charge in [0.1, 0.15) is 42.0 Å². The number of carboxylic acids is 1. The van der Waals surface area contributed by atoms with Gasteiger partial charge in [0.25, 0.3) is 0 Å². The number of carbonyl (C=O) groups is 8. The van der Waals surface area contributed by atoms with Crippen molar-refractivity contribution in [1.82, 2.24) is 31.9 Å². The normalized spacial score (nSPS) is 12.9. The molecule has 0 unspecified atom stereocenters. The van der Waals surface area contributed by atoms with Crippen LogP contribution >= 0.6 is 0 Å². The molecule has 6 amide bonds. The number of carbonyl (C=O) groups excluding carboxylic acids is 7. The highest BCUT2D eigenvalue weighted by molar-refractivity contribution is 5.92. The van der Waals surface area contributed by atoms with Crippen molar-refractivity contribution >= 4 is 47.9 Å². The zero-order chi connectivity index (χ0) is 70.4. The van der Waals surface area contributed by atoms with Crippen molar-refractivity contribution in [3.63, 3.8) is 0 Å². The number of phenolic OH excluding ortho intramolecular Hbond substituents is 2. The number of aromatic hydroxyl groups is 2. The molecule has 11 N–H and O–H groups in total. The van der Waals surface area contributed by atoms with Crippen LogP contribution in [0.1, 0.15) is 117 Å². The number of hydrogen-bond donors (Lipinski definition) is 10. The Morgan fingerprint density at radius 2 is 0.779 bits per heavy atom. The van der Waals surface area contributed by atoms with Crippen LogP contribution in [0.4, 0.5) is 19.2 Å². The summed E-state index contributed by atoms with van der Waals surface area (Å²) < 4.78 is 21.2. The highest BCUT2D eigenvalue weighted by Gasteiger charge is 2.30. The van der Waals surface area contributed by atoms with Gasteiger partial charge in [-0.15, -0.1) is 0 Å². The van der Waals surface area contributed by atoms with E-state index in [9.17, 15) is 53.7 Å². The minimum atomic E-state index is -1.14.